The summed E-state index contributed by atoms with van der Waals surface area (Å²) in [5.41, 5.74) is 6.36. The van der Waals surface area contributed by atoms with E-state index in [0.717, 1.165) is 12.8 Å². The minimum atomic E-state index is -0.679. The third kappa shape index (κ3) is 7.36. The van der Waals surface area contributed by atoms with Crippen LogP contribution in [0.25, 0.3) is 0 Å². The van der Waals surface area contributed by atoms with E-state index in [2.05, 4.69) is 16.0 Å². The van der Waals surface area contributed by atoms with E-state index in [0.29, 0.717) is 23.2 Å². The van der Waals surface area contributed by atoms with Gasteiger partial charge in [0.2, 0.25) is 11.8 Å². The van der Waals surface area contributed by atoms with E-state index in [4.69, 9.17) is 17.3 Å². The van der Waals surface area contributed by atoms with Crippen LogP contribution in [-0.4, -0.2) is 36.9 Å². The molecule has 0 heterocycles. The number of anilines is 1. The Bertz CT molecular complexity index is 693. The van der Waals surface area contributed by atoms with Crippen LogP contribution in [0.1, 0.15) is 37.0 Å². The first-order chi connectivity index (χ1) is 12.3. The lowest BCUT2D eigenvalue weighted by atomic mass is 10.1. The Hall–Kier alpha value is -1.83. The summed E-state index contributed by atoms with van der Waals surface area (Å²) in [6, 6.07) is 3.98. The van der Waals surface area contributed by atoms with E-state index < -0.39 is 17.9 Å². The molecule has 0 spiro atoms. The van der Waals surface area contributed by atoms with Crippen molar-refractivity contribution in [2.75, 3.05) is 18.4 Å². The molecule has 150 valence electrons. The van der Waals surface area contributed by atoms with Crippen molar-refractivity contribution in [3.8, 4) is 0 Å². The zero-order chi connectivity index (χ0) is 19.3. The molecule has 3 amide bonds. The number of benzene rings is 1. The number of carbonyl (C=O) groups is 3. The molecule has 0 saturated heterocycles. The van der Waals surface area contributed by atoms with Crippen molar-refractivity contribution in [2.24, 2.45) is 17.6 Å². The van der Waals surface area contributed by atoms with Crippen LogP contribution in [0, 0.1) is 11.8 Å². The summed E-state index contributed by atoms with van der Waals surface area (Å²) in [5, 5.41) is 8.36. The average molecular weight is 417 g/mol. The minimum absolute atomic E-state index is 0. The molecule has 1 saturated carbocycles. The number of hydrogen-bond acceptors (Lipinski definition) is 4. The normalized spacial score (nSPS) is 14.1. The van der Waals surface area contributed by atoms with Gasteiger partial charge in [0.15, 0.2) is 0 Å². The van der Waals surface area contributed by atoms with Gasteiger partial charge < -0.3 is 21.7 Å². The maximum Gasteiger partial charge on any atom is 0.253 e. The fourth-order valence-corrected chi connectivity index (χ4v) is 2.42. The highest BCUT2D eigenvalue weighted by molar-refractivity contribution is 6.31. The molecular formula is C18H26Cl2N4O3. The zero-order valence-corrected chi connectivity index (χ0v) is 17.0. The molecule has 0 radical (unpaired) electrons. The predicted molar refractivity (Wildman–Crippen MR) is 108 cm³/mol. The van der Waals surface area contributed by atoms with Crippen molar-refractivity contribution in [1.82, 2.24) is 10.6 Å². The number of halogens is 2. The number of hydrogen-bond donors (Lipinski definition) is 4. The van der Waals surface area contributed by atoms with Gasteiger partial charge in [0, 0.05) is 11.6 Å². The summed E-state index contributed by atoms with van der Waals surface area (Å²) in [4.78, 5) is 36.3. The second kappa shape index (κ2) is 10.5. The van der Waals surface area contributed by atoms with E-state index in [1.165, 1.54) is 6.07 Å². The number of amides is 3. The Morgan fingerprint density at radius 3 is 2.48 bits per heavy atom. The second-order valence-corrected chi connectivity index (χ2v) is 7.32. The van der Waals surface area contributed by atoms with Gasteiger partial charge in [-0.25, -0.2) is 0 Å². The van der Waals surface area contributed by atoms with Gasteiger partial charge in [-0.3, -0.25) is 14.4 Å². The van der Waals surface area contributed by atoms with E-state index >= 15 is 0 Å². The molecular weight excluding hydrogens is 391 g/mol. The van der Waals surface area contributed by atoms with Gasteiger partial charge in [0.25, 0.3) is 5.91 Å². The largest absolute Gasteiger partial charge is 0.352 e. The van der Waals surface area contributed by atoms with Gasteiger partial charge in [-0.1, -0.05) is 25.4 Å². The molecule has 0 aromatic heterocycles. The first-order valence-corrected chi connectivity index (χ1v) is 9.06. The fraction of sp³-hybridized carbons (Fsp3) is 0.500. The zero-order valence-electron chi connectivity index (χ0n) is 15.4. The highest BCUT2D eigenvalue weighted by atomic mass is 35.5. The molecule has 0 bridgehead atoms. The van der Waals surface area contributed by atoms with Gasteiger partial charge in [0.1, 0.15) is 0 Å². The highest BCUT2D eigenvalue weighted by Gasteiger charge is 2.23. The van der Waals surface area contributed by atoms with Crippen molar-refractivity contribution in [2.45, 2.75) is 32.7 Å². The highest BCUT2D eigenvalue weighted by Crippen LogP contribution is 2.28. The molecule has 1 aliphatic rings. The maximum absolute atomic E-state index is 12.4. The van der Waals surface area contributed by atoms with Crippen LogP contribution < -0.4 is 21.7 Å². The monoisotopic (exact) mass is 416 g/mol. The van der Waals surface area contributed by atoms with Crippen LogP contribution in [0.5, 0.6) is 0 Å². The number of nitrogens with two attached hydrogens (primary N) is 1. The quantitative estimate of drug-likeness (QED) is 0.518. The van der Waals surface area contributed by atoms with Crippen molar-refractivity contribution < 1.29 is 14.4 Å². The smallest absolute Gasteiger partial charge is 0.253 e. The van der Waals surface area contributed by atoms with Crippen LogP contribution in [0.2, 0.25) is 5.02 Å². The second-order valence-electron chi connectivity index (χ2n) is 6.88. The first-order valence-electron chi connectivity index (χ1n) is 8.68. The van der Waals surface area contributed by atoms with Crippen LogP contribution in [-0.2, 0) is 9.59 Å². The number of rotatable bonds is 8. The predicted octanol–water partition coefficient (Wildman–Crippen LogP) is 1.94. The standard InChI is InChI=1S/C18H25ClN4O3.ClH/c1-10(2)16(20)18(26)22-9-15(24)23-14-6-5-12(19)7-13(14)17(25)21-8-11-3-4-11;/h5-7,10-11,16H,3-4,8-9,20H2,1-2H3,(H,21,25)(H,22,26)(H,23,24);1H/t16-;/m0./s1. The van der Waals surface area contributed by atoms with Crippen molar-refractivity contribution in [1.29, 1.82) is 0 Å². The molecule has 0 unspecified atom stereocenters. The van der Waals surface area contributed by atoms with Gasteiger partial charge >= 0.3 is 0 Å². The summed E-state index contributed by atoms with van der Waals surface area (Å²) < 4.78 is 0. The summed E-state index contributed by atoms with van der Waals surface area (Å²) >= 11 is 5.98. The maximum atomic E-state index is 12.4. The SMILES string of the molecule is CC(C)[C@H](N)C(=O)NCC(=O)Nc1ccc(Cl)cc1C(=O)NCC1CC1.Cl. The van der Waals surface area contributed by atoms with E-state index in [9.17, 15) is 14.4 Å². The Morgan fingerprint density at radius 2 is 1.89 bits per heavy atom. The lowest BCUT2D eigenvalue weighted by molar-refractivity contribution is -0.125. The molecule has 2 rings (SSSR count). The lowest BCUT2D eigenvalue weighted by Gasteiger charge is -2.16. The van der Waals surface area contributed by atoms with Gasteiger partial charge in [-0.05, 0) is 42.9 Å². The Labute approximate surface area is 170 Å². The Morgan fingerprint density at radius 1 is 1.22 bits per heavy atom. The molecule has 1 aliphatic carbocycles. The van der Waals surface area contributed by atoms with Gasteiger partial charge in [0.05, 0.1) is 23.8 Å². The van der Waals surface area contributed by atoms with Crippen LogP contribution in [0.4, 0.5) is 5.69 Å². The molecule has 9 heteroatoms. The van der Waals surface area contributed by atoms with E-state index in [1.807, 2.05) is 13.8 Å². The van der Waals surface area contributed by atoms with Crippen molar-refractivity contribution in [3.63, 3.8) is 0 Å². The molecule has 1 atom stereocenters. The summed E-state index contributed by atoms with van der Waals surface area (Å²) in [6.45, 7) is 4.03. The van der Waals surface area contributed by atoms with Crippen LogP contribution in [0.15, 0.2) is 18.2 Å². The molecule has 1 aromatic carbocycles. The molecule has 1 aromatic rings. The Kier molecular flexibility index (Phi) is 9.02. The van der Waals surface area contributed by atoms with E-state index in [1.54, 1.807) is 12.1 Å². The molecule has 0 aliphatic heterocycles. The minimum Gasteiger partial charge on any atom is -0.352 e. The van der Waals surface area contributed by atoms with Gasteiger partial charge in [-0.15, -0.1) is 12.4 Å². The third-order valence-electron chi connectivity index (χ3n) is 4.19. The molecule has 5 N–H and O–H groups in total. The van der Waals surface area contributed by atoms with Gasteiger partial charge in [-0.2, -0.15) is 0 Å². The Balaban J connectivity index is 0.00000364. The fourth-order valence-electron chi connectivity index (χ4n) is 2.25. The molecule has 27 heavy (non-hydrogen) atoms. The first kappa shape index (κ1) is 23.2. The number of carbonyl (C=O) groups excluding carboxylic acids is 3. The summed E-state index contributed by atoms with van der Waals surface area (Å²) in [7, 11) is 0. The van der Waals surface area contributed by atoms with Crippen molar-refractivity contribution >= 4 is 47.4 Å². The van der Waals surface area contributed by atoms with Crippen LogP contribution in [0.3, 0.4) is 0 Å². The molecule has 7 nitrogen and oxygen atoms in total. The van der Waals surface area contributed by atoms with Crippen LogP contribution >= 0.6 is 24.0 Å². The van der Waals surface area contributed by atoms with E-state index in [-0.39, 0.29) is 36.3 Å². The summed E-state index contributed by atoms with van der Waals surface area (Å²) in [5.74, 6) is -0.630. The average Bonchev–Trinajstić information content (AvgIpc) is 3.42. The third-order valence-corrected chi connectivity index (χ3v) is 4.43. The lowest BCUT2D eigenvalue weighted by Crippen LogP contribution is -2.46. The summed E-state index contributed by atoms with van der Waals surface area (Å²) in [6.07, 6.45) is 2.25. The topological polar surface area (TPSA) is 113 Å². The van der Waals surface area contributed by atoms with Crippen molar-refractivity contribution in [3.05, 3.63) is 28.8 Å². The molecule has 1 fully saturated rings. The number of nitrogens with one attached hydrogen (secondary N) is 3.